The summed E-state index contributed by atoms with van der Waals surface area (Å²) in [4.78, 5) is 0. The minimum atomic E-state index is -1.94. The van der Waals surface area contributed by atoms with Crippen molar-refractivity contribution < 1.29 is 0 Å². The van der Waals surface area contributed by atoms with Gasteiger partial charge in [0.1, 0.15) is 0 Å². The second-order valence-corrected chi connectivity index (χ2v) is 6.99. The Morgan fingerprint density at radius 2 is 2.22 bits per heavy atom. The molecule has 0 N–H and O–H groups in total. The molecular formula is C5H7Cl2NSi. The first-order chi connectivity index (χ1) is 4.06. The van der Waals surface area contributed by atoms with Crippen molar-refractivity contribution in [1.29, 1.82) is 5.26 Å². The zero-order valence-electron chi connectivity index (χ0n) is 5.06. The molecular weight excluding hydrogens is 173 g/mol. The summed E-state index contributed by atoms with van der Waals surface area (Å²) in [6.45, 7) is 5.16. The SMILES string of the molecule is C=CC(C)(C#N)[SiH](Cl)Cl. The average molecular weight is 180 g/mol. The largest absolute Gasteiger partial charge is 0.260 e. The number of allylic oxidation sites excluding steroid dienone is 1. The first-order valence-corrected chi connectivity index (χ1v) is 6.46. The van der Waals surface area contributed by atoms with Gasteiger partial charge in [-0.15, -0.1) is 28.7 Å². The van der Waals surface area contributed by atoms with Crippen molar-refractivity contribution in [3.63, 3.8) is 0 Å². The van der Waals surface area contributed by atoms with Crippen LogP contribution in [0.3, 0.4) is 0 Å². The van der Waals surface area contributed by atoms with Crippen molar-refractivity contribution in [2.24, 2.45) is 0 Å². The molecule has 0 spiro atoms. The van der Waals surface area contributed by atoms with E-state index in [2.05, 4.69) is 6.58 Å². The Balaban J connectivity index is 4.32. The number of hydrogen-bond acceptors (Lipinski definition) is 1. The van der Waals surface area contributed by atoms with E-state index in [0.717, 1.165) is 0 Å². The van der Waals surface area contributed by atoms with E-state index < -0.39 is 12.5 Å². The van der Waals surface area contributed by atoms with E-state index >= 15 is 0 Å². The molecule has 0 fully saturated rings. The maximum atomic E-state index is 8.50. The zero-order chi connectivity index (χ0) is 7.49. The zero-order valence-corrected chi connectivity index (χ0v) is 7.73. The van der Waals surface area contributed by atoms with Crippen LogP contribution in [0.5, 0.6) is 0 Å². The highest BCUT2D eigenvalue weighted by atomic mass is 35.7. The second-order valence-electron chi connectivity index (χ2n) is 1.90. The van der Waals surface area contributed by atoms with Gasteiger partial charge in [-0.05, 0) is 6.92 Å². The Morgan fingerprint density at radius 3 is 2.22 bits per heavy atom. The van der Waals surface area contributed by atoms with E-state index in [-0.39, 0.29) is 0 Å². The number of hydrogen-bond donors (Lipinski definition) is 0. The van der Waals surface area contributed by atoms with Crippen LogP contribution in [0.15, 0.2) is 12.7 Å². The summed E-state index contributed by atoms with van der Waals surface area (Å²) in [6.07, 6.45) is 1.50. The molecule has 0 rings (SSSR count). The molecule has 0 aliphatic carbocycles. The monoisotopic (exact) mass is 179 g/mol. The smallest absolute Gasteiger partial charge is 0.198 e. The molecule has 1 nitrogen and oxygen atoms in total. The lowest BCUT2D eigenvalue weighted by atomic mass is 10.2. The topological polar surface area (TPSA) is 23.8 Å². The maximum Gasteiger partial charge on any atom is 0.260 e. The molecule has 0 aromatic rings. The normalized spacial score (nSPS) is 16.3. The summed E-state index contributed by atoms with van der Waals surface area (Å²) in [5, 5.41) is 7.82. The van der Waals surface area contributed by atoms with Crippen molar-refractivity contribution in [2.45, 2.75) is 12.0 Å². The fraction of sp³-hybridized carbons (Fsp3) is 0.400. The summed E-state index contributed by atoms with van der Waals surface area (Å²) >= 11 is 11.2. The summed E-state index contributed by atoms with van der Waals surface area (Å²) < 4.78 is 0. The molecule has 0 heterocycles. The van der Waals surface area contributed by atoms with Crippen LogP contribution >= 0.6 is 22.2 Å². The fourth-order valence-corrected chi connectivity index (χ4v) is 1.29. The molecule has 1 unspecified atom stereocenters. The van der Waals surface area contributed by atoms with Crippen LogP contribution in [0.4, 0.5) is 0 Å². The minimum absolute atomic E-state index is 0.677. The molecule has 1 atom stereocenters. The van der Waals surface area contributed by atoms with Crippen LogP contribution in [-0.4, -0.2) is 7.42 Å². The lowest BCUT2D eigenvalue weighted by Gasteiger charge is -2.14. The second kappa shape index (κ2) is 3.26. The standard InChI is InChI=1S/C5H7Cl2NSi/c1-3-5(2,4-8)9(6)7/h3,9H,1H2,2H3. The Morgan fingerprint density at radius 1 is 1.78 bits per heavy atom. The number of nitrogens with zero attached hydrogens (tertiary/aromatic N) is 1. The molecule has 4 heteroatoms. The Hall–Kier alpha value is 0.0269. The van der Waals surface area contributed by atoms with Gasteiger partial charge in [-0.1, -0.05) is 6.08 Å². The van der Waals surface area contributed by atoms with Crippen LogP contribution in [0.25, 0.3) is 0 Å². The van der Waals surface area contributed by atoms with Gasteiger partial charge in [-0.25, -0.2) is 0 Å². The molecule has 0 aliphatic heterocycles. The van der Waals surface area contributed by atoms with E-state index in [0.29, 0.717) is 0 Å². The number of nitriles is 1. The number of halogens is 2. The van der Waals surface area contributed by atoms with Gasteiger partial charge >= 0.3 is 0 Å². The highest BCUT2D eigenvalue weighted by molar-refractivity contribution is 7.35. The van der Waals surface area contributed by atoms with Crippen molar-refractivity contribution in [2.75, 3.05) is 0 Å². The minimum Gasteiger partial charge on any atom is -0.198 e. The molecule has 0 saturated heterocycles. The van der Waals surface area contributed by atoms with Gasteiger partial charge in [-0.3, -0.25) is 0 Å². The van der Waals surface area contributed by atoms with E-state index in [1.54, 1.807) is 6.92 Å². The summed E-state index contributed by atoms with van der Waals surface area (Å²) in [7, 11) is -1.94. The third kappa shape index (κ3) is 2.02. The molecule has 0 aromatic heterocycles. The number of rotatable bonds is 2. The van der Waals surface area contributed by atoms with Gasteiger partial charge < -0.3 is 0 Å². The predicted molar refractivity (Wildman–Crippen MR) is 43.0 cm³/mol. The van der Waals surface area contributed by atoms with Gasteiger partial charge in [0.15, 0.2) is 0 Å². The summed E-state index contributed by atoms with van der Waals surface area (Å²) in [6, 6.07) is 2.01. The predicted octanol–water partition coefficient (Wildman–Crippen LogP) is 2.15. The van der Waals surface area contributed by atoms with Crippen LogP contribution < -0.4 is 0 Å². The van der Waals surface area contributed by atoms with Gasteiger partial charge in [0, 0.05) is 0 Å². The van der Waals surface area contributed by atoms with E-state index in [1.165, 1.54) is 6.08 Å². The van der Waals surface area contributed by atoms with Gasteiger partial charge in [0.2, 0.25) is 0 Å². The lowest BCUT2D eigenvalue weighted by molar-refractivity contribution is 0.977. The molecule has 0 radical (unpaired) electrons. The molecule has 0 amide bonds. The highest BCUT2D eigenvalue weighted by Crippen LogP contribution is 2.33. The van der Waals surface area contributed by atoms with E-state index in [4.69, 9.17) is 27.4 Å². The fourth-order valence-electron chi connectivity index (χ4n) is 0.184. The van der Waals surface area contributed by atoms with Crippen molar-refractivity contribution in [1.82, 2.24) is 0 Å². The molecule has 0 aliphatic rings. The van der Waals surface area contributed by atoms with Gasteiger partial charge in [0.25, 0.3) is 7.42 Å². The lowest BCUT2D eigenvalue weighted by Crippen LogP contribution is -2.15. The van der Waals surface area contributed by atoms with Crippen LogP contribution in [0.1, 0.15) is 6.92 Å². The Bertz CT molecular complexity index is 152. The van der Waals surface area contributed by atoms with Crippen molar-refractivity contribution >= 4 is 29.6 Å². The first-order valence-electron chi connectivity index (χ1n) is 2.40. The van der Waals surface area contributed by atoms with Gasteiger partial charge in [-0.2, -0.15) is 5.26 Å². The molecule has 9 heavy (non-hydrogen) atoms. The van der Waals surface area contributed by atoms with Crippen LogP contribution in [-0.2, 0) is 0 Å². The summed E-state index contributed by atoms with van der Waals surface area (Å²) in [5.74, 6) is 0. The third-order valence-electron chi connectivity index (χ3n) is 1.12. The molecule has 0 saturated carbocycles. The van der Waals surface area contributed by atoms with E-state index in [9.17, 15) is 0 Å². The van der Waals surface area contributed by atoms with Crippen molar-refractivity contribution in [3.05, 3.63) is 12.7 Å². The third-order valence-corrected chi connectivity index (χ3v) is 5.11. The molecule has 0 aromatic carbocycles. The van der Waals surface area contributed by atoms with Gasteiger partial charge in [0.05, 0.1) is 11.1 Å². The summed E-state index contributed by atoms with van der Waals surface area (Å²) in [5.41, 5.74) is 0. The quantitative estimate of drug-likeness (QED) is 0.363. The highest BCUT2D eigenvalue weighted by Gasteiger charge is 2.29. The first kappa shape index (κ1) is 9.03. The van der Waals surface area contributed by atoms with Crippen molar-refractivity contribution in [3.8, 4) is 6.07 Å². The van der Waals surface area contributed by atoms with Crippen LogP contribution in [0.2, 0.25) is 5.04 Å². The van der Waals surface area contributed by atoms with Crippen LogP contribution in [0, 0.1) is 11.3 Å². The molecule has 0 bridgehead atoms. The molecule has 50 valence electrons. The Kier molecular flexibility index (Phi) is 3.27. The maximum absolute atomic E-state index is 8.50. The average Bonchev–Trinajstić information content (AvgIpc) is 1.86. The Labute approximate surface area is 65.9 Å². The van der Waals surface area contributed by atoms with E-state index in [1.807, 2.05) is 6.07 Å².